The van der Waals surface area contributed by atoms with E-state index in [9.17, 15) is 4.79 Å². The number of hydrogen-bond donors (Lipinski definition) is 2. The van der Waals surface area contributed by atoms with Crippen LogP contribution >= 0.6 is 0 Å². The highest BCUT2D eigenvalue weighted by Crippen LogP contribution is 2.23. The third-order valence-electron chi connectivity index (χ3n) is 1.90. The van der Waals surface area contributed by atoms with Crippen LogP contribution in [0.15, 0.2) is 12.1 Å². The number of nitrogens with zero attached hydrogens (tertiary/aromatic N) is 2. The standard InChI is InChI=1S/C9H12N4O/c1-6(14)10-8-4-5-9(13-12-8)11-7-2-3-7/h4-5,7H,2-3H2,1H3,(H,11,13)(H,10,12,14). The third kappa shape index (κ3) is 2.42. The van der Waals surface area contributed by atoms with Crippen molar-refractivity contribution in [3.63, 3.8) is 0 Å². The van der Waals surface area contributed by atoms with Gasteiger partial charge < -0.3 is 10.6 Å². The first-order valence-electron chi connectivity index (χ1n) is 4.62. The normalized spacial score (nSPS) is 14.9. The maximum Gasteiger partial charge on any atom is 0.222 e. The highest BCUT2D eigenvalue weighted by molar-refractivity contribution is 5.87. The van der Waals surface area contributed by atoms with Gasteiger partial charge in [-0.15, -0.1) is 10.2 Å². The predicted molar refractivity (Wildman–Crippen MR) is 53.0 cm³/mol. The molecule has 2 rings (SSSR count). The molecule has 0 bridgehead atoms. The van der Waals surface area contributed by atoms with E-state index >= 15 is 0 Å². The smallest absolute Gasteiger partial charge is 0.222 e. The number of carbonyl (C=O) groups excluding carboxylic acids is 1. The number of amides is 1. The summed E-state index contributed by atoms with van der Waals surface area (Å²) in [5.41, 5.74) is 0. The Morgan fingerprint density at radius 3 is 2.50 bits per heavy atom. The van der Waals surface area contributed by atoms with E-state index in [2.05, 4.69) is 20.8 Å². The van der Waals surface area contributed by atoms with Crippen LogP contribution in [0, 0.1) is 0 Å². The summed E-state index contributed by atoms with van der Waals surface area (Å²) in [7, 11) is 0. The Bertz CT molecular complexity index is 331. The second kappa shape index (κ2) is 3.61. The Kier molecular flexibility index (Phi) is 2.30. The first-order chi connectivity index (χ1) is 6.74. The topological polar surface area (TPSA) is 66.9 Å². The molecule has 1 amide bonds. The molecule has 1 aromatic rings. The van der Waals surface area contributed by atoms with E-state index in [1.807, 2.05) is 6.07 Å². The van der Waals surface area contributed by atoms with Crippen LogP contribution in [0.3, 0.4) is 0 Å². The molecule has 1 fully saturated rings. The van der Waals surface area contributed by atoms with E-state index in [-0.39, 0.29) is 5.91 Å². The van der Waals surface area contributed by atoms with Crippen LogP contribution in [0.4, 0.5) is 11.6 Å². The molecule has 5 nitrogen and oxygen atoms in total. The van der Waals surface area contributed by atoms with Gasteiger partial charge in [0.2, 0.25) is 5.91 Å². The fourth-order valence-electron chi connectivity index (χ4n) is 1.09. The average Bonchev–Trinajstić information content (AvgIpc) is 2.91. The molecular formula is C9H12N4O. The minimum atomic E-state index is -0.137. The highest BCUT2D eigenvalue weighted by atomic mass is 16.1. The minimum Gasteiger partial charge on any atom is -0.366 e. The molecular weight excluding hydrogens is 180 g/mol. The van der Waals surface area contributed by atoms with Crippen molar-refractivity contribution in [3.8, 4) is 0 Å². The summed E-state index contributed by atoms with van der Waals surface area (Å²) in [6, 6.07) is 4.12. The lowest BCUT2D eigenvalue weighted by Gasteiger charge is -2.03. The molecule has 0 saturated heterocycles. The van der Waals surface area contributed by atoms with Crippen LogP contribution in [0.25, 0.3) is 0 Å². The first-order valence-corrected chi connectivity index (χ1v) is 4.62. The molecule has 1 heterocycles. The maximum atomic E-state index is 10.7. The fourth-order valence-corrected chi connectivity index (χ4v) is 1.09. The molecule has 0 unspecified atom stereocenters. The Morgan fingerprint density at radius 1 is 1.36 bits per heavy atom. The number of hydrogen-bond acceptors (Lipinski definition) is 4. The molecule has 14 heavy (non-hydrogen) atoms. The summed E-state index contributed by atoms with van der Waals surface area (Å²) in [6.45, 7) is 1.44. The van der Waals surface area contributed by atoms with Gasteiger partial charge in [0.15, 0.2) is 5.82 Å². The Morgan fingerprint density at radius 2 is 2.00 bits per heavy atom. The molecule has 1 aliphatic rings. The van der Waals surface area contributed by atoms with E-state index < -0.39 is 0 Å². The van der Waals surface area contributed by atoms with Gasteiger partial charge in [-0.1, -0.05) is 0 Å². The molecule has 2 N–H and O–H groups in total. The summed E-state index contributed by atoms with van der Waals surface area (Å²) in [5.74, 6) is 1.11. The van der Waals surface area contributed by atoms with Crippen LogP contribution < -0.4 is 10.6 Å². The number of aromatic nitrogens is 2. The number of anilines is 2. The minimum absolute atomic E-state index is 0.137. The van der Waals surface area contributed by atoms with E-state index in [0.717, 1.165) is 5.82 Å². The van der Waals surface area contributed by atoms with Gasteiger partial charge in [-0.2, -0.15) is 0 Å². The van der Waals surface area contributed by atoms with Crippen molar-refractivity contribution in [2.75, 3.05) is 10.6 Å². The number of carbonyl (C=O) groups is 1. The molecule has 1 aromatic heterocycles. The van der Waals surface area contributed by atoms with E-state index in [0.29, 0.717) is 11.9 Å². The van der Waals surface area contributed by atoms with Crippen LogP contribution in [0.5, 0.6) is 0 Å². The molecule has 0 radical (unpaired) electrons. The third-order valence-corrected chi connectivity index (χ3v) is 1.90. The van der Waals surface area contributed by atoms with E-state index in [1.54, 1.807) is 6.07 Å². The molecule has 74 valence electrons. The summed E-state index contributed by atoms with van der Waals surface area (Å²) in [6.07, 6.45) is 2.41. The SMILES string of the molecule is CC(=O)Nc1ccc(NC2CC2)nn1. The summed E-state index contributed by atoms with van der Waals surface area (Å²) < 4.78 is 0. The second-order valence-electron chi connectivity index (χ2n) is 3.40. The van der Waals surface area contributed by atoms with Gasteiger partial charge in [0.05, 0.1) is 0 Å². The van der Waals surface area contributed by atoms with Crippen molar-refractivity contribution in [2.45, 2.75) is 25.8 Å². The quantitative estimate of drug-likeness (QED) is 0.750. The van der Waals surface area contributed by atoms with Crippen LogP contribution in [0.2, 0.25) is 0 Å². The van der Waals surface area contributed by atoms with Crippen molar-refractivity contribution < 1.29 is 4.79 Å². The second-order valence-corrected chi connectivity index (χ2v) is 3.40. The Balaban J connectivity index is 1.97. The molecule has 5 heteroatoms. The molecule has 1 saturated carbocycles. The summed E-state index contributed by atoms with van der Waals surface area (Å²) in [5, 5.41) is 13.6. The highest BCUT2D eigenvalue weighted by Gasteiger charge is 2.21. The van der Waals surface area contributed by atoms with Crippen molar-refractivity contribution >= 4 is 17.5 Å². The summed E-state index contributed by atoms with van der Waals surface area (Å²) in [4.78, 5) is 10.7. The molecule has 0 atom stereocenters. The lowest BCUT2D eigenvalue weighted by Crippen LogP contribution is -2.09. The zero-order chi connectivity index (χ0) is 9.97. The number of rotatable bonds is 3. The van der Waals surface area contributed by atoms with Gasteiger partial charge in [-0.3, -0.25) is 4.79 Å². The average molecular weight is 192 g/mol. The van der Waals surface area contributed by atoms with Gasteiger partial charge in [-0.25, -0.2) is 0 Å². The molecule has 0 aromatic carbocycles. The van der Waals surface area contributed by atoms with Crippen molar-refractivity contribution in [2.24, 2.45) is 0 Å². The molecule has 1 aliphatic carbocycles. The maximum absolute atomic E-state index is 10.7. The largest absolute Gasteiger partial charge is 0.366 e. The summed E-state index contributed by atoms with van der Waals surface area (Å²) >= 11 is 0. The zero-order valence-electron chi connectivity index (χ0n) is 7.95. The zero-order valence-corrected chi connectivity index (χ0v) is 7.95. The first kappa shape index (κ1) is 8.93. The van der Waals surface area contributed by atoms with Crippen LogP contribution in [0.1, 0.15) is 19.8 Å². The number of nitrogens with one attached hydrogen (secondary N) is 2. The van der Waals surface area contributed by atoms with E-state index in [4.69, 9.17) is 0 Å². The monoisotopic (exact) mass is 192 g/mol. The van der Waals surface area contributed by atoms with Crippen molar-refractivity contribution in [1.29, 1.82) is 0 Å². The van der Waals surface area contributed by atoms with Gasteiger partial charge >= 0.3 is 0 Å². The van der Waals surface area contributed by atoms with E-state index in [1.165, 1.54) is 19.8 Å². The lowest BCUT2D eigenvalue weighted by molar-refractivity contribution is -0.114. The van der Waals surface area contributed by atoms with Gasteiger partial charge in [-0.05, 0) is 25.0 Å². The van der Waals surface area contributed by atoms with Gasteiger partial charge in [0.1, 0.15) is 5.82 Å². The fraction of sp³-hybridized carbons (Fsp3) is 0.444. The molecule has 0 aliphatic heterocycles. The Hall–Kier alpha value is -1.65. The van der Waals surface area contributed by atoms with Crippen molar-refractivity contribution in [3.05, 3.63) is 12.1 Å². The van der Waals surface area contributed by atoms with Crippen LogP contribution in [-0.2, 0) is 4.79 Å². The van der Waals surface area contributed by atoms with Gasteiger partial charge in [0.25, 0.3) is 0 Å². The van der Waals surface area contributed by atoms with Crippen molar-refractivity contribution in [1.82, 2.24) is 10.2 Å². The molecule has 0 spiro atoms. The predicted octanol–water partition coefficient (Wildman–Crippen LogP) is 1.01. The lowest BCUT2D eigenvalue weighted by atomic mass is 10.4. The van der Waals surface area contributed by atoms with Gasteiger partial charge in [0, 0.05) is 13.0 Å². The van der Waals surface area contributed by atoms with Crippen LogP contribution in [-0.4, -0.2) is 22.1 Å². The Labute approximate surface area is 81.9 Å².